The summed E-state index contributed by atoms with van der Waals surface area (Å²) in [4.78, 5) is 0.137. The van der Waals surface area contributed by atoms with Crippen molar-refractivity contribution in [3.63, 3.8) is 0 Å². The van der Waals surface area contributed by atoms with Crippen LogP contribution >= 0.6 is 0 Å². The fourth-order valence-electron chi connectivity index (χ4n) is 5.74. The minimum absolute atomic E-state index is 0.0752. The van der Waals surface area contributed by atoms with Crippen molar-refractivity contribution in [1.82, 2.24) is 0 Å². The quantitative estimate of drug-likeness (QED) is 0.118. The number of sulfone groups is 1. The Labute approximate surface area is 282 Å². The normalized spacial score (nSPS) is 21.1. The van der Waals surface area contributed by atoms with E-state index < -0.39 is 39.7 Å². The van der Waals surface area contributed by atoms with Crippen LogP contribution in [0.3, 0.4) is 0 Å². The first-order valence-electron chi connectivity index (χ1n) is 16.1. The molecule has 5 aromatic carbocycles. The molecule has 248 valence electrons. The molecule has 0 bridgehead atoms. The van der Waals surface area contributed by atoms with Gasteiger partial charge in [-0.2, -0.15) is 0 Å². The van der Waals surface area contributed by atoms with E-state index in [-0.39, 0.29) is 31.3 Å². The standard InChI is InChI=1S/C40H40O7S/c41-48(42,35-24-14-5-15-25-35)40-39(46-29-34-22-12-4-13-23-34)38(45-28-33-20-10-3-11-21-33)37(44-27-32-18-8-2-9-19-32)36(47-40)30-43-26-31-16-6-1-7-17-31/h1-25,36-40H,26-30H2/t36-,37-,38+,39-,40+/m1/s1. The first-order valence-corrected chi connectivity index (χ1v) is 17.7. The van der Waals surface area contributed by atoms with Gasteiger partial charge in [-0.25, -0.2) is 8.42 Å². The highest BCUT2D eigenvalue weighted by atomic mass is 32.2. The lowest BCUT2D eigenvalue weighted by Crippen LogP contribution is -2.62. The number of hydrogen-bond acceptors (Lipinski definition) is 7. The molecule has 0 unspecified atom stereocenters. The van der Waals surface area contributed by atoms with Crippen LogP contribution in [0, 0.1) is 0 Å². The Morgan fingerprint density at radius 1 is 0.458 bits per heavy atom. The van der Waals surface area contributed by atoms with Gasteiger partial charge in [0.05, 0.1) is 37.9 Å². The topological polar surface area (TPSA) is 80.3 Å². The third kappa shape index (κ3) is 8.85. The molecule has 0 amide bonds. The van der Waals surface area contributed by atoms with Gasteiger partial charge in [0.1, 0.15) is 24.4 Å². The molecule has 8 heteroatoms. The average Bonchev–Trinajstić information content (AvgIpc) is 3.14. The van der Waals surface area contributed by atoms with Crippen molar-refractivity contribution in [2.75, 3.05) is 6.61 Å². The molecule has 0 aliphatic carbocycles. The van der Waals surface area contributed by atoms with Gasteiger partial charge in [0, 0.05) is 0 Å². The Balaban J connectivity index is 1.37. The van der Waals surface area contributed by atoms with Crippen LogP contribution in [0.2, 0.25) is 0 Å². The maximum atomic E-state index is 14.4. The van der Waals surface area contributed by atoms with Gasteiger partial charge in [0.25, 0.3) is 0 Å². The molecule has 0 saturated carbocycles. The highest BCUT2D eigenvalue weighted by Crippen LogP contribution is 2.35. The molecule has 5 atom stereocenters. The van der Waals surface area contributed by atoms with E-state index in [0.29, 0.717) is 6.61 Å². The predicted octanol–water partition coefficient (Wildman–Crippen LogP) is 7.16. The van der Waals surface area contributed by atoms with Crippen LogP contribution in [0.15, 0.2) is 157 Å². The van der Waals surface area contributed by atoms with Gasteiger partial charge >= 0.3 is 0 Å². The molecule has 1 saturated heterocycles. The molecule has 0 aromatic heterocycles. The molecule has 1 fully saturated rings. The van der Waals surface area contributed by atoms with E-state index in [1.165, 1.54) is 0 Å². The number of hydrogen-bond donors (Lipinski definition) is 0. The van der Waals surface area contributed by atoms with E-state index in [0.717, 1.165) is 22.3 Å². The molecular weight excluding hydrogens is 625 g/mol. The van der Waals surface area contributed by atoms with Gasteiger partial charge in [0.15, 0.2) is 5.44 Å². The van der Waals surface area contributed by atoms with Gasteiger partial charge in [0.2, 0.25) is 9.84 Å². The number of ether oxygens (including phenoxy) is 5. The second-order valence-electron chi connectivity index (χ2n) is 11.7. The maximum absolute atomic E-state index is 14.4. The van der Waals surface area contributed by atoms with E-state index in [9.17, 15) is 8.42 Å². The molecule has 7 nitrogen and oxygen atoms in total. The first-order chi connectivity index (χ1) is 23.6. The zero-order valence-corrected chi connectivity index (χ0v) is 27.4. The average molecular weight is 665 g/mol. The Bertz CT molecular complexity index is 1760. The SMILES string of the molecule is O=S(=O)(c1ccccc1)[C@@H]1O[C@H](COCc2ccccc2)[C@@H](OCc2ccccc2)[C@H](OCc2ccccc2)[C@H]1OCc1ccccc1. The van der Waals surface area contributed by atoms with Crippen LogP contribution in [0.5, 0.6) is 0 Å². The highest BCUT2D eigenvalue weighted by Gasteiger charge is 2.53. The van der Waals surface area contributed by atoms with E-state index >= 15 is 0 Å². The van der Waals surface area contributed by atoms with E-state index in [1.54, 1.807) is 30.3 Å². The Morgan fingerprint density at radius 3 is 1.29 bits per heavy atom. The van der Waals surface area contributed by atoms with Crippen LogP contribution in [-0.2, 0) is 59.9 Å². The predicted molar refractivity (Wildman–Crippen MR) is 183 cm³/mol. The van der Waals surface area contributed by atoms with Crippen molar-refractivity contribution in [3.8, 4) is 0 Å². The molecule has 1 aliphatic rings. The summed E-state index contributed by atoms with van der Waals surface area (Å²) in [5, 5.41) is 0. The third-order valence-electron chi connectivity index (χ3n) is 8.22. The fraction of sp³-hybridized carbons (Fsp3) is 0.250. The lowest BCUT2D eigenvalue weighted by atomic mass is 9.98. The largest absolute Gasteiger partial charge is 0.374 e. The lowest BCUT2D eigenvalue weighted by molar-refractivity contribution is -0.256. The highest BCUT2D eigenvalue weighted by molar-refractivity contribution is 7.92. The van der Waals surface area contributed by atoms with Crippen molar-refractivity contribution in [1.29, 1.82) is 0 Å². The van der Waals surface area contributed by atoms with Crippen molar-refractivity contribution in [3.05, 3.63) is 174 Å². The van der Waals surface area contributed by atoms with Crippen LogP contribution < -0.4 is 0 Å². The van der Waals surface area contributed by atoms with Crippen molar-refractivity contribution in [2.24, 2.45) is 0 Å². The van der Waals surface area contributed by atoms with Crippen LogP contribution in [0.4, 0.5) is 0 Å². The zero-order chi connectivity index (χ0) is 33.0. The van der Waals surface area contributed by atoms with Gasteiger partial charge in [-0.3, -0.25) is 0 Å². The summed E-state index contributed by atoms with van der Waals surface area (Å²) in [6, 6.07) is 47.4. The molecule has 0 radical (unpaired) electrons. The van der Waals surface area contributed by atoms with Crippen LogP contribution in [-0.4, -0.2) is 44.9 Å². The van der Waals surface area contributed by atoms with E-state index in [2.05, 4.69) is 0 Å². The molecule has 0 N–H and O–H groups in total. The summed E-state index contributed by atoms with van der Waals surface area (Å²) >= 11 is 0. The summed E-state index contributed by atoms with van der Waals surface area (Å²) in [5.41, 5.74) is 2.39. The van der Waals surface area contributed by atoms with E-state index in [4.69, 9.17) is 23.7 Å². The summed E-state index contributed by atoms with van der Waals surface area (Å²) in [5.74, 6) is 0. The Morgan fingerprint density at radius 2 is 0.833 bits per heavy atom. The molecule has 0 spiro atoms. The summed E-state index contributed by atoms with van der Waals surface area (Å²) < 4.78 is 61.5. The molecule has 1 heterocycles. The molecular formula is C40H40O7S. The van der Waals surface area contributed by atoms with Crippen molar-refractivity contribution >= 4 is 9.84 Å². The Kier molecular flexibility index (Phi) is 11.8. The fourth-order valence-corrected chi connectivity index (χ4v) is 7.42. The molecule has 6 rings (SSSR count). The zero-order valence-electron chi connectivity index (χ0n) is 26.6. The van der Waals surface area contributed by atoms with Gasteiger partial charge in [-0.1, -0.05) is 140 Å². The molecule has 1 aliphatic heterocycles. The van der Waals surface area contributed by atoms with Crippen LogP contribution in [0.1, 0.15) is 22.3 Å². The first kappa shape index (κ1) is 33.7. The maximum Gasteiger partial charge on any atom is 0.207 e. The summed E-state index contributed by atoms with van der Waals surface area (Å²) in [6.45, 7) is 1.03. The summed E-state index contributed by atoms with van der Waals surface area (Å²) in [6.07, 6.45) is -3.39. The second kappa shape index (κ2) is 16.8. The monoisotopic (exact) mass is 664 g/mol. The second-order valence-corrected chi connectivity index (χ2v) is 13.7. The molecule has 48 heavy (non-hydrogen) atoms. The summed E-state index contributed by atoms with van der Waals surface area (Å²) in [7, 11) is -4.07. The minimum Gasteiger partial charge on any atom is -0.374 e. The van der Waals surface area contributed by atoms with Crippen molar-refractivity contribution in [2.45, 2.75) is 61.2 Å². The molecule has 5 aromatic rings. The van der Waals surface area contributed by atoms with Gasteiger partial charge in [-0.15, -0.1) is 0 Å². The number of benzene rings is 5. The van der Waals surface area contributed by atoms with Crippen LogP contribution in [0.25, 0.3) is 0 Å². The minimum atomic E-state index is -4.07. The van der Waals surface area contributed by atoms with Gasteiger partial charge < -0.3 is 23.7 Å². The Hall–Kier alpha value is -4.15. The smallest absolute Gasteiger partial charge is 0.207 e. The number of rotatable bonds is 15. The van der Waals surface area contributed by atoms with E-state index in [1.807, 2.05) is 121 Å². The van der Waals surface area contributed by atoms with Crippen molar-refractivity contribution < 1.29 is 32.1 Å². The van der Waals surface area contributed by atoms with Gasteiger partial charge in [-0.05, 0) is 34.4 Å². The lowest BCUT2D eigenvalue weighted by Gasteiger charge is -2.45. The third-order valence-corrected chi connectivity index (χ3v) is 10.1.